The molecule has 0 aliphatic carbocycles. The molecule has 2 aromatic heterocycles. The number of amides is 1. The van der Waals surface area contributed by atoms with Gasteiger partial charge < -0.3 is 9.42 Å². The van der Waals surface area contributed by atoms with Crippen LogP contribution >= 0.6 is 0 Å². The van der Waals surface area contributed by atoms with Crippen molar-refractivity contribution in [2.75, 3.05) is 13.1 Å². The van der Waals surface area contributed by atoms with Crippen molar-refractivity contribution in [2.24, 2.45) is 13.0 Å². The van der Waals surface area contributed by atoms with Crippen LogP contribution in [0.2, 0.25) is 0 Å². The van der Waals surface area contributed by atoms with Crippen molar-refractivity contribution in [3.63, 3.8) is 0 Å². The van der Waals surface area contributed by atoms with Gasteiger partial charge in [0.25, 0.3) is 11.5 Å². The molecule has 1 aliphatic rings. The average Bonchev–Trinajstić information content (AvgIpc) is 3.18. The van der Waals surface area contributed by atoms with E-state index in [2.05, 4.69) is 15.2 Å². The van der Waals surface area contributed by atoms with Crippen LogP contribution in [-0.4, -0.2) is 43.8 Å². The number of likely N-dealkylation sites (tertiary alicyclic amines) is 1. The van der Waals surface area contributed by atoms with E-state index in [1.54, 1.807) is 11.9 Å². The van der Waals surface area contributed by atoms with Gasteiger partial charge in [-0.05, 0) is 37.3 Å². The lowest BCUT2D eigenvalue weighted by Gasteiger charge is -2.32. The van der Waals surface area contributed by atoms with Gasteiger partial charge >= 0.3 is 0 Å². The fourth-order valence-corrected chi connectivity index (χ4v) is 3.71. The van der Waals surface area contributed by atoms with Crippen LogP contribution in [0.1, 0.15) is 34.8 Å². The number of carbonyl (C=O) groups is 1. The van der Waals surface area contributed by atoms with E-state index in [0.717, 1.165) is 24.0 Å². The molecule has 0 radical (unpaired) electrons. The first kappa shape index (κ1) is 19.0. The quantitative estimate of drug-likeness (QED) is 0.675. The molecule has 0 unspecified atom stereocenters. The third kappa shape index (κ3) is 4.11. The number of rotatable bonds is 4. The molecule has 1 aliphatic heterocycles. The fourth-order valence-electron chi connectivity index (χ4n) is 3.71. The van der Waals surface area contributed by atoms with E-state index >= 15 is 0 Å². The molecule has 1 saturated heterocycles. The predicted molar refractivity (Wildman–Crippen MR) is 106 cm³/mol. The first-order valence-electron chi connectivity index (χ1n) is 9.73. The predicted octanol–water partition coefficient (Wildman–Crippen LogP) is 2.23. The topological polar surface area (TPSA) is 94.1 Å². The van der Waals surface area contributed by atoms with Gasteiger partial charge in [-0.3, -0.25) is 9.59 Å². The van der Waals surface area contributed by atoms with Crippen molar-refractivity contribution in [3.8, 4) is 11.4 Å². The summed E-state index contributed by atoms with van der Waals surface area (Å²) >= 11 is 0. The van der Waals surface area contributed by atoms with Crippen LogP contribution in [0.25, 0.3) is 11.4 Å². The summed E-state index contributed by atoms with van der Waals surface area (Å²) in [6, 6.07) is 10.8. The third-order valence-corrected chi connectivity index (χ3v) is 5.30. The number of aromatic nitrogens is 4. The van der Waals surface area contributed by atoms with Crippen molar-refractivity contribution < 1.29 is 9.32 Å². The Morgan fingerprint density at radius 3 is 2.86 bits per heavy atom. The molecule has 8 nitrogen and oxygen atoms in total. The molecule has 1 amide bonds. The summed E-state index contributed by atoms with van der Waals surface area (Å²) in [5.74, 6) is 1.26. The molecular formula is C21H23N5O3. The molecule has 1 aromatic carbocycles. The summed E-state index contributed by atoms with van der Waals surface area (Å²) in [4.78, 5) is 30.6. The maximum Gasteiger partial charge on any atom is 0.274 e. The minimum atomic E-state index is -0.237. The standard InChI is InChI=1S/C21H23N5O3/c1-14-6-3-4-8-16(14)20-22-18(29-24-20)12-15-7-5-11-26(13-15)21(28)17-9-10-19(27)25(2)23-17/h3-4,6,8-10,15H,5,7,11-13H2,1-2H3/t15-/m0/s1. The molecule has 150 valence electrons. The molecule has 0 spiro atoms. The van der Waals surface area contributed by atoms with Gasteiger partial charge in [-0.15, -0.1) is 0 Å². The molecule has 29 heavy (non-hydrogen) atoms. The molecule has 3 aromatic rings. The van der Waals surface area contributed by atoms with Gasteiger partial charge in [0.05, 0.1) is 0 Å². The summed E-state index contributed by atoms with van der Waals surface area (Å²) in [6.45, 7) is 3.30. The van der Waals surface area contributed by atoms with E-state index in [0.29, 0.717) is 31.2 Å². The second-order valence-electron chi connectivity index (χ2n) is 7.47. The van der Waals surface area contributed by atoms with Crippen LogP contribution in [0, 0.1) is 12.8 Å². The fraction of sp³-hybridized carbons (Fsp3) is 0.381. The zero-order valence-corrected chi connectivity index (χ0v) is 16.5. The number of piperidine rings is 1. The molecule has 0 bridgehead atoms. The van der Waals surface area contributed by atoms with Crippen molar-refractivity contribution in [3.05, 3.63) is 63.9 Å². The first-order valence-corrected chi connectivity index (χ1v) is 9.73. The maximum absolute atomic E-state index is 12.8. The van der Waals surface area contributed by atoms with Crippen LogP contribution in [0.3, 0.4) is 0 Å². The number of carbonyl (C=O) groups excluding carboxylic acids is 1. The number of hydrogen-bond donors (Lipinski definition) is 0. The van der Waals surface area contributed by atoms with Gasteiger partial charge in [-0.25, -0.2) is 4.68 Å². The SMILES string of the molecule is Cc1ccccc1-c1noc(C[C@@H]2CCCN(C(=O)c3ccc(=O)n(C)n3)C2)n1. The lowest BCUT2D eigenvalue weighted by Crippen LogP contribution is -2.41. The van der Waals surface area contributed by atoms with E-state index in [1.165, 1.54) is 16.8 Å². The largest absolute Gasteiger partial charge is 0.339 e. The highest BCUT2D eigenvalue weighted by Gasteiger charge is 2.27. The minimum absolute atomic E-state index is 0.156. The Bertz CT molecular complexity index is 1090. The summed E-state index contributed by atoms with van der Waals surface area (Å²) in [6.07, 6.45) is 2.52. The van der Waals surface area contributed by atoms with Gasteiger partial charge in [-0.2, -0.15) is 10.1 Å². The maximum atomic E-state index is 12.8. The Hall–Kier alpha value is -3.29. The van der Waals surface area contributed by atoms with Crippen LogP contribution < -0.4 is 5.56 Å². The summed E-state index contributed by atoms with van der Waals surface area (Å²) in [5, 5.41) is 8.20. The summed E-state index contributed by atoms with van der Waals surface area (Å²) < 4.78 is 6.65. The van der Waals surface area contributed by atoms with Crippen molar-refractivity contribution in [1.29, 1.82) is 0 Å². The molecule has 1 atom stereocenters. The molecule has 8 heteroatoms. The van der Waals surface area contributed by atoms with Crippen LogP contribution in [0.5, 0.6) is 0 Å². The van der Waals surface area contributed by atoms with Gasteiger partial charge in [0.1, 0.15) is 5.69 Å². The van der Waals surface area contributed by atoms with Gasteiger partial charge in [0, 0.05) is 38.2 Å². The minimum Gasteiger partial charge on any atom is -0.339 e. The van der Waals surface area contributed by atoms with E-state index in [-0.39, 0.29) is 23.1 Å². The smallest absolute Gasteiger partial charge is 0.274 e. The lowest BCUT2D eigenvalue weighted by molar-refractivity contribution is 0.0659. The molecule has 4 rings (SSSR count). The summed E-state index contributed by atoms with van der Waals surface area (Å²) in [7, 11) is 1.54. The lowest BCUT2D eigenvalue weighted by atomic mass is 9.94. The van der Waals surface area contributed by atoms with Gasteiger partial charge in [0.15, 0.2) is 0 Å². The molecule has 1 fully saturated rings. The monoisotopic (exact) mass is 393 g/mol. The second-order valence-corrected chi connectivity index (χ2v) is 7.47. The number of hydrogen-bond acceptors (Lipinski definition) is 6. The van der Waals surface area contributed by atoms with Crippen LogP contribution in [0.15, 0.2) is 45.7 Å². The van der Waals surface area contributed by atoms with Crippen molar-refractivity contribution in [1.82, 2.24) is 24.8 Å². The zero-order chi connectivity index (χ0) is 20.4. The van der Waals surface area contributed by atoms with Crippen LogP contribution in [-0.2, 0) is 13.5 Å². The molecule has 0 saturated carbocycles. The molecular weight excluding hydrogens is 370 g/mol. The van der Waals surface area contributed by atoms with E-state index in [4.69, 9.17) is 4.52 Å². The zero-order valence-electron chi connectivity index (χ0n) is 16.5. The Kier molecular flexibility index (Phi) is 5.24. The normalized spacial score (nSPS) is 16.8. The number of benzene rings is 1. The molecule has 3 heterocycles. The van der Waals surface area contributed by atoms with E-state index in [9.17, 15) is 9.59 Å². The Balaban J connectivity index is 1.44. The number of aryl methyl sites for hydroxylation is 2. The molecule has 0 N–H and O–H groups in total. The van der Waals surface area contributed by atoms with Crippen molar-refractivity contribution >= 4 is 5.91 Å². The average molecular weight is 393 g/mol. The highest BCUT2D eigenvalue weighted by Crippen LogP contribution is 2.24. The first-order chi connectivity index (χ1) is 14.0. The van der Waals surface area contributed by atoms with Gasteiger partial charge in [-0.1, -0.05) is 29.4 Å². The van der Waals surface area contributed by atoms with Gasteiger partial charge in [0.2, 0.25) is 11.7 Å². The number of nitrogens with zero attached hydrogens (tertiary/aromatic N) is 5. The third-order valence-electron chi connectivity index (χ3n) is 5.30. The highest BCUT2D eigenvalue weighted by atomic mass is 16.5. The van der Waals surface area contributed by atoms with Crippen LogP contribution in [0.4, 0.5) is 0 Å². The second kappa shape index (κ2) is 7.98. The Morgan fingerprint density at radius 1 is 1.24 bits per heavy atom. The Morgan fingerprint density at radius 2 is 2.07 bits per heavy atom. The van der Waals surface area contributed by atoms with E-state index < -0.39 is 0 Å². The summed E-state index contributed by atoms with van der Waals surface area (Å²) in [5.41, 5.74) is 2.11. The van der Waals surface area contributed by atoms with Crippen molar-refractivity contribution in [2.45, 2.75) is 26.2 Å². The highest BCUT2D eigenvalue weighted by molar-refractivity contribution is 5.92. The van der Waals surface area contributed by atoms with E-state index in [1.807, 2.05) is 31.2 Å². The Labute approximate surface area is 168 Å².